The topological polar surface area (TPSA) is 102 Å². The molecule has 19 heavy (non-hydrogen) atoms. The number of hydrogen-bond acceptors (Lipinski definition) is 6. The Morgan fingerprint density at radius 3 is 2.42 bits per heavy atom. The molecule has 2 atom stereocenters. The molecule has 1 aromatic carbocycles. The van der Waals surface area contributed by atoms with Crippen LogP contribution >= 0.6 is 0 Å². The maximum absolute atomic E-state index is 10.9. The van der Waals surface area contributed by atoms with Crippen LogP contribution in [0.2, 0.25) is 0 Å². The van der Waals surface area contributed by atoms with E-state index in [0.717, 1.165) is 0 Å². The molecule has 0 spiro atoms. The van der Waals surface area contributed by atoms with Gasteiger partial charge >= 0.3 is 0 Å². The van der Waals surface area contributed by atoms with Crippen molar-refractivity contribution in [1.29, 1.82) is 0 Å². The third kappa shape index (κ3) is 3.55. The number of nitro benzene ring substituents is 1. The summed E-state index contributed by atoms with van der Waals surface area (Å²) in [6, 6.07) is 2.53. The summed E-state index contributed by atoms with van der Waals surface area (Å²) in [4.78, 5) is 10.3. The van der Waals surface area contributed by atoms with E-state index in [1.165, 1.54) is 19.2 Å². The summed E-state index contributed by atoms with van der Waals surface area (Å²) >= 11 is 0. The highest BCUT2D eigenvalue weighted by Gasteiger charge is 2.21. The highest BCUT2D eigenvalue weighted by atomic mass is 16.6. The molecule has 0 aliphatic carbocycles. The molecule has 0 fully saturated rings. The molecule has 1 rings (SSSR count). The molecule has 0 saturated carbocycles. The van der Waals surface area contributed by atoms with Gasteiger partial charge < -0.3 is 19.7 Å². The molecule has 0 heterocycles. The average Bonchev–Trinajstić information content (AvgIpc) is 2.37. The lowest BCUT2D eigenvalue weighted by Crippen LogP contribution is -2.25. The number of aliphatic hydroxyl groups is 2. The minimum atomic E-state index is -0.735. The number of nitrogens with zero attached hydrogens (tertiary/aromatic N) is 1. The van der Waals surface area contributed by atoms with E-state index < -0.39 is 23.7 Å². The summed E-state index contributed by atoms with van der Waals surface area (Å²) in [5.74, 6) is 0.418. The fourth-order valence-corrected chi connectivity index (χ4v) is 1.44. The Morgan fingerprint density at radius 1 is 1.37 bits per heavy atom. The molecule has 7 nitrogen and oxygen atoms in total. The zero-order valence-corrected chi connectivity index (χ0v) is 11.0. The third-order valence-electron chi connectivity index (χ3n) is 2.72. The molecule has 0 aliphatic rings. The van der Waals surface area contributed by atoms with Crippen molar-refractivity contribution in [3.8, 4) is 11.5 Å². The van der Waals surface area contributed by atoms with Crippen molar-refractivity contribution in [3.63, 3.8) is 0 Å². The van der Waals surface area contributed by atoms with E-state index in [0.29, 0.717) is 0 Å². The molecule has 0 aromatic heterocycles. The average molecular weight is 271 g/mol. The maximum Gasteiger partial charge on any atom is 0.278 e. The number of aliphatic hydroxyl groups excluding tert-OH is 2. The Hall–Kier alpha value is -1.86. The number of nitro groups is 1. The van der Waals surface area contributed by atoms with Crippen LogP contribution in [0.15, 0.2) is 12.1 Å². The molecule has 1 aromatic rings. The monoisotopic (exact) mass is 271 g/mol. The molecule has 7 heteroatoms. The van der Waals surface area contributed by atoms with Crippen LogP contribution in [-0.4, -0.2) is 34.5 Å². The third-order valence-corrected chi connectivity index (χ3v) is 2.72. The Labute approximate surface area is 110 Å². The highest BCUT2D eigenvalue weighted by Crippen LogP contribution is 2.35. The molecule has 106 valence electrons. The van der Waals surface area contributed by atoms with Gasteiger partial charge in [0.1, 0.15) is 6.10 Å². The fraction of sp³-hybridized carbons (Fsp3) is 0.500. The lowest BCUT2D eigenvalue weighted by Gasteiger charge is -2.19. The minimum absolute atomic E-state index is 0.138. The van der Waals surface area contributed by atoms with Crippen molar-refractivity contribution in [2.75, 3.05) is 7.11 Å². The van der Waals surface area contributed by atoms with Crippen molar-refractivity contribution in [1.82, 2.24) is 0 Å². The van der Waals surface area contributed by atoms with E-state index in [2.05, 4.69) is 0 Å². The van der Waals surface area contributed by atoms with Gasteiger partial charge in [-0.15, -0.1) is 0 Å². The fourth-order valence-electron chi connectivity index (χ4n) is 1.44. The summed E-state index contributed by atoms with van der Waals surface area (Å²) < 4.78 is 10.5. The lowest BCUT2D eigenvalue weighted by atomic mass is 10.1. The van der Waals surface area contributed by atoms with Gasteiger partial charge in [-0.1, -0.05) is 0 Å². The Morgan fingerprint density at radius 2 is 2.00 bits per heavy atom. The van der Waals surface area contributed by atoms with Crippen LogP contribution in [-0.2, 0) is 6.61 Å². The number of rotatable bonds is 6. The molecule has 0 saturated heterocycles. The molecule has 0 aliphatic heterocycles. The van der Waals surface area contributed by atoms with Gasteiger partial charge in [-0.05, 0) is 19.9 Å². The molecule has 0 amide bonds. The van der Waals surface area contributed by atoms with Crippen LogP contribution in [0.1, 0.15) is 19.4 Å². The second kappa shape index (κ2) is 6.35. The Kier molecular flexibility index (Phi) is 5.08. The van der Waals surface area contributed by atoms with Crippen molar-refractivity contribution in [2.45, 2.75) is 32.7 Å². The largest absolute Gasteiger partial charge is 0.493 e. The van der Waals surface area contributed by atoms with Gasteiger partial charge in [-0.3, -0.25) is 10.1 Å². The summed E-state index contributed by atoms with van der Waals surface area (Å²) in [5.41, 5.74) is -0.116. The molecule has 0 radical (unpaired) electrons. The van der Waals surface area contributed by atoms with Gasteiger partial charge in [0.05, 0.1) is 36.4 Å². The predicted octanol–water partition coefficient (Wildman–Crippen LogP) is 1.24. The van der Waals surface area contributed by atoms with Gasteiger partial charge in [0.2, 0.25) is 0 Å². The standard InChI is InChI=1S/C12H17NO6/c1-7(15)8(2)19-12-5-10(13(16)17)9(6-14)4-11(12)18-3/h4-5,7-8,14-15H,6H2,1-3H3. The Bertz CT molecular complexity index is 460. The van der Waals surface area contributed by atoms with Crippen molar-refractivity contribution in [3.05, 3.63) is 27.8 Å². The van der Waals surface area contributed by atoms with Crippen molar-refractivity contribution >= 4 is 5.69 Å². The summed E-state index contributed by atoms with van der Waals surface area (Å²) in [6.07, 6.45) is -1.28. The summed E-state index contributed by atoms with van der Waals surface area (Å²) in [7, 11) is 1.39. The first-order valence-corrected chi connectivity index (χ1v) is 5.71. The summed E-state index contributed by atoms with van der Waals surface area (Å²) in [5, 5.41) is 29.4. The molecule has 0 bridgehead atoms. The van der Waals surface area contributed by atoms with Crippen LogP contribution in [0.5, 0.6) is 11.5 Å². The van der Waals surface area contributed by atoms with Gasteiger partial charge in [-0.25, -0.2) is 0 Å². The van der Waals surface area contributed by atoms with Gasteiger partial charge in [0.25, 0.3) is 5.69 Å². The quantitative estimate of drug-likeness (QED) is 0.596. The number of benzene rings is 1. The van der Waals surface area contributed by atoms with Gasteiger partial charge in [0, 0.05) is 0 Å². The van der Waals surface area contributed by atoms with E-state index >= 15 is 0 Å². The second-order valence-corrected chi connectivity index (χ2v) is 4.11. The number of methoxy groups -OCH3 is 1. The molecular weight excluding hydrogens is 254 g/mol. The van der Waals surface area contributed by atoms with Gasteiger partial charge in [0.15, 0.2) is 11.5 Å². The van der Waals surface area contributed by atoms with E-state index in [-0.39, 0.29) is 22.7 Å². The number of ether oxygens (including phenoxy) is 2. The molecule has 2 N–H and O–H groups in total. The zero-order valence-electron chi connectivity index (χ0n) is 11.0. The zero-order chi connectivity index (χ0) is 14.6. The minimum Gasteiger partial charge on any atom is -0.493 e. The van der Waals surface area contributed by atoms with E-state index in [1.54, 1.807) is 13.8 Å². The van der Waals surface area contributed by atoms with Crippen molar-refractivity contribution in [2.24, 2.45) is 0 Å². The van der Waals surface area contributed by atoms with Crippen LogP contribution < -0.4 is 9.47 Å². The number of hydrogen-bond donors (Lipinski definition) is 2. The SMILES string of the molecule is COc1cc(CO)c([N+](=O)[O-])cc1OC(C)C(C)O. The van der Waals surface area contributed by atoms with Gasteiger partial charge in [-0.2, -0.15) is 0 Å². The molecule has 2 unspecified atom stereocenters. The Balaban J connectivity index is 3.22. The van der Waals surface area contributed by atoms with Crippen LogP contribution in [0.4, 0.5) is 5.69 Å². The highest BCUT2D eigenvalue weighted by molar-refractivity contribution is 5.54. The predicted molar refractivity (Wildman–Crippen MR) is 67.3 cm³/mol. The van der Waals surface area contributed by atoms with Crippen LogP contribution in [0.25, 0.3) is 0 Å². The second-order valence-electron chi connectivity index (χ2n) is 4.11. The summed E-state index contributed by atoms with van der Waals surface area (Å²) in [6.45, 7) is 2.71. The normalized spacial score (nSPS) is 13.7. The molecular formula is C12H17NO6. The van der Waals surface area contributed by atoms with Crippen molar-refractivity contribution < 1.29 is 24.6 Å². The first kappa shape index (κ1) is 15.2. The van der Waals surface area contributed by atoms with E-state index in [9.17, 15) is 15.2 Å². The van der Waals surface area contributed by atoms with Crippen LogP contribution in [0.3, 0.4) is 0 Å². The lowest BCUT2D eigenvalue weighted by molar-refractivity contribution is -0.386. The smallest absolute Gasteiger partial charge is 0.278 e. The first-order valence-electron chi connectivity index (χ1n) is 5.71. The van der Waals surface area contributed by atoms with E-state index in [1.807, 2.05) is 0 Å². The van der Waals surface area contributed by atoms with E-state index in [4.69, 9.17) is 14.6 Å². The van der Waals surface area contributed by atoms with Crippen LogP contribution in [0, 0.1) is 10.1 Å². The first-order chi connectivity index (χ1) is 8.90. The maximum atomic E-state index is 10.9.